The summed E-state index contributed by atoms with van der Waals surface area (Å²) in [6.07, 6.45) is -3.05. The molecule has 0 aromatic heterocycles. The van der Waals surface area contributed by atoms with Gasteiger partial charge in [-0.2, -0.15) is 0 Å². The summed E-state index contributed by atoms with van der Waals surface area (Å²) in [5.41, 5.74) is -2.78. The summed E-state index contributed by atoms with van der Waals surface area (Å²) in [5.74, 6) is -0.553. The van der Waals surface area contributed by atoms with E-state index < -0.39 is 145 Å². The minimum atomic E-state index is -1.40. The Morgan fingerprint density at radius 1 is 0.610 bits per heavy atom. The molecule has 3 saturated carbocycles. The van der Waals surface area contributed by atoms with Gasteiger partial charge in [0.2, 0.25) is 0 Å². The van der Waals surface area contributed by atoms with Crippen molar-refractivity contribution in [3.05, 3.63) is 11.6 Å². The molecule has 9 rings (SSSR count). The number of methoxy groups -OCH3 is 4. The Bertz CT molecular complexity index is 2000. The standard InChI is InChI=1S/C57H94O20/c1-14-34-16-20-57(62)55(34,9)43(72-33(7)58)27-42-54(8)18-17-36(21-35(54)15-19-56(42,57)61)73-44-22-37(59)50(29(3)68-44)74-46-24-39(64-11)52(30(4)69-46)76-48-26-41(66-13)53(32(6)71-48)77-47-25-40(65-12)51(31(5)70-47)75-45-23-38(63-10)49(60)28(2)67-45/h15,28-32,34,36-53,59-62H,14,16-27H2,1-13H3/t28-,29-,30-,31-,32-,34-,36+,37-,38-,39-,40+,41-,42-,43-,44+,45+,46+,47+,48+,49-,50-,51-,52-,53-,54+,55+,56+,57-/m1/s1. The minimum Gasteiger partial charge on any atom is -0.462 e. The molecule has 4 aliphatic carbocycles. The van der Waals surface area contributed by atoms with Crippen molar-refractivity contribution < 1.29 is 96.3 Å². The third-order valence-electron chi connectivity index (χ3n) is 20.3. The van der Waals surface area contributed by atoms with E-state index in [1.54, 1.807) is 35.4 Å². The van der Waals surface area contributed by atoms with Crippen molar-refractivity contribution in [3.63, 3.8) is 0 Å². The number of aliphatic hydroxyl groups excluding tert-OH is 2. The van der Waals surface area contributed by atoms with Crippen LogP contribution in [0.4, 0.5) is 0 Å². The average molecular weight is 1100 g/mol. The van der Waals surface area contributed by atoms with Crippen LogP contribution in [-0.2, 0) is 75.8 Å². The van der Waals surface area contributed by atoms with Gasteiger partial charge in [0.25, 0.3) is 0 Å². The summed E-state index contributed by atoms with van der Waals surface area (Å²) in [6.45, 7) is 17.2. The molecule has 9 aliphatic rings. The van der Waals surface area contributed by atoms with Gasteiger partial charge in [-0.3, -0.25) is 4.79 Å². The Labute approximate surface area is 455 Å². The third kappa shape index (κ3) is 11.3. The minimum absolute atomic E-state index is 0.123. The largest absolute Gasteiger partial charge is 0.462 e. The Balaban J connectivity index is 0.750. The summed E-state index contributed by atoms with van der Waals surface area (Å²) >= 11 is 0. The molecule has 5 saturated heterocycles. The first-order valence-corrected chi connectivity index (χ1v) is 28.9. The zero-order valence-corrected chi connectivity index (χ0v) is 47.9. The third-order valence-corrected chi connectivity index (χ3v) is 20.3. The maximum absolute atomic E-state index is 12.8. The molecule has 5 aliphatic heterocycles. The summed E-state index contributed by atoms with van der Waals surface area (Å²) in [7, 11) is 6.47. The van der Waals surface area contributed by atoms with Crippen LogP contribution in [0.25, 0.3) is 0 Å². The van der Waals surface area contributed by atoms with Crippen molar-refractivity contribution >= 4 is 5.97 Å². The van der Waals surface area contributed by atoms with Crippen LogP contribution in [-0.4, -0.2) is 201 Å². The van der Waals surface area contributed by atoms with Gasteiger partial charge >= 0.3 is 5.97 Å². The van der Waals surface area contributed by atoms with Crippen LogP contribution >= 0.6 is 0 Å². The number of fused-ring (bicyclic) bond motifs is 5. The lowest BCUT2D eigenvalue weighted by atomic mass is 9.43. The van der Waals surface area contributed by atoms with E-state index in [2.05, 4.69) is 19.9 Å². The number of hydrogen-bond donors (Lipinski definition) is 4. The first-order valence-electron chi connectivity index (χ1n) is 28.9. The Kier molecular flexibility index (Phi) is 18.7. The second kappa shape index (κ2) is 24.0. The van der Waals surface area contributed by atoms with E-state index in [0.29, 0.717) is 64.2 Å². The van der Waals surface area contributed by atoms with E-state index in [0.717, 1.165) is 12.8 Å². The van der Waals surface area contributed by atoms with Gasteiger partial charge in [0, 0.05) is 78.8 Å². The number of carbonyl (C=O) groups excluding carboxylic acids is 1. The van der Waals surface area contributed by atoms with Crippen molar-refractivity contribution in [2.45, 2.75) is 292 Å². The fourth-order valence-electron chi connectivity index (χ4n) is 15.9. The van der Waals surface area contributed by atoms with E-state index in [9.17, 15) is 25.2 Å². The molecule has 20 nitrogen and oxygen atoms in total. The quantitative estimate of drug-likeness (QED) is 0.116. The normalized spacial score (nSPS) is 52.2. The van der Waals surface area contributed by atoms with Crippen LogP contribution in [0.15, 0.2) is 11.6 Å². The van der Waals surface area contributed by atoms with Crippen LogP contribution in [0.5, 0.6) is 0 Å². The second-order valence-electron chi connectivity index (χ2n) is 24.5. The van der Waals surface area contributed by atoms with Crippen LogP contribution in [0.3, 0.4) is 0 Å². The number of rotatable bonds is 16. The maximum Gasteiger partial charge on any atom is 0.302 e. The Morgan fingerprint density at radius 2 is 1.06 bits per heavy atom. The van der Waals surface area contributed by atoms with Gasteiger partial charge in [-0.15, -0.1) is 0 Å². The highest BCUT2D eigenvalue weighted by Gasteiger charge is 2.76. The highest BCUT2D eigenvalue weighted by atomic mass is 16.8. The molecule has 5 heterocycles. The molecular formula is C57H94O20. The molecule has 0 amide bonds. The molecule has 4 N–H and O–H groups in total. The van der Waals surface area contributed by atoms with E-state index in [1.807, 2.05) is 34.6 Å². The molecule has 8 fully saturated rings. The van der Waals surface area contributed by atoms with Crippen molar-refractivity contribution in [1.29, 1.82) is 0 Å². The lowest BCUT2D eigenvalue weighted by molar-refractivity contribution is -0.351. The van der Waals surface area contributed by atoms with Gasteiger partial charge in [-0.1, -0.05) is 38.8 Å². The smallest absolute Gasteiger partial charge is 0.302 e. The monoisotopic (exact) mass is 1100 g/mol. The molecule has 0 spiro atoms. The zero-order valence-electron chi connectivity index (χ0n) is 47.9. The molecule has 0 bridgehead atoms. The molecule has 0 aromatic rings. The van der Waals surface area contributed by atoms with Gasteiger partial charge < -0.3 is 91.5 Å². The van der Waals surface area contributed by atoms with E-state index in [-0.39, 0.29) is 36.4 Å². The zero-order chi connectivity index (χ0) is 55.5. The number of esters is 1. The second-order valence-corrected chi connectivity index (χ2v) is 24.5. The predicted molar refractivity (Wildman–Crippen MR) is 274 cm³/mol. The average Bonchev–Trinajstić information content (AvgIpc) is 3.83. The van der Waals surface area contributed by atoms with Crippen molar-refractivity contribution in [3.8, 4) is 0 Å². The molecule has 0 radical (unpaired) electrons. The van der Waals surface area contributed by atoms with Gasteiger partial charge in [0.05, 0.1) is 67.1 Å². The SMILES string of the molecule is CC[C@@H]1CC[C@@]2(O)[C@]1(C)[C@H](OC(C)=O)C[C@@H]1[C@@]3(C)CC[C@H](O[C@H]4C[C@@H](O)[C@H](O[C@H]5C[C@@H](OC)[C@H](O[C@H]6C[C@@H](OC)[C@H](O[C@H]7C[C@H](OC)[C@H](O[C@H]8C[C@@H](OC)[C@H](O)[C@@H](C)O8)[C@@H](C)O7)[C@@H](C)O6)[C@@H](C)O5)[C@@H](C)O4)CC3=CC[C@]12O. The predicted octanol–water partition coefficient (Wildman–Crippen LogP) is 5.13. The van der Waals surface area contributed by atoms with Crippen molar-refractivity contribution in [2.75, 3.05) is 28.4 Å². The summed E-state index contributed by atoms with van der Waals surface area (Å²) in [6, 6.07) is 0. The fourth-order valence-corrected chi connectivity index (χ4v) is 15.9. The molecule has 0 unspecified atom stereocenters. The van der Waals surface area contributed by atoms with E-state index >= 15 is 0 Å². The highest BCUT2D eigenvalue weighted by molar-refractivity contribution is 5.66. The van der Waals surface area contributed by atoms with Gasteiger partial charge in [-0.05, 0) is 90.9 Å². The van der Waals surface area contributed by atoms with Gasteiger partial charge in [0.1, 0.15) is 47.8 Å². The molecule has 442 valence electrons. The maximum atomic E-state index is 12.8. The number of hydrogen-bond acceptors (Lipinski definition) is 20. The lowest BCUT2D eigenvalue weighted by Gasteiger charge is -2.66. The fraction of sp³-hybridized carbons (Fsp3) is 0.947. The van der Waals surface area contributed by atoms with E-state index in [4.69, 9.17) is 71.1 Å². The number of carbonyl (C=O) groups is 1. The summed E-state index contributed by atoms with van der Waals surface area (Å²) < 4.78 is 94.0. The number of aliphatic hydroxyl groups is 4. The van der Waals surface area contributed by atoms with Gasteiger partial charge in [-0.25, -0.2) is 0 Å². The lowest BCUT2D eigenvalue weighted by Crippen LogP contribution is -2.75. The number of ether oxygens (including phenoxy) is 15. The molecule has 0 aromatic carbocycles. The Hall–Kier alpha value is -1.51. The first-order chi connectivity index (χ1) is 36.5. The summed E-state index contributed by atoms with van der Waals surface area (Å²) in [5, 5.41) is 47.6. The van der Waals surface area contributed by atoms with Crippen LogP contribution in [0, 0.1) is 22.7 Å². The van der Waals surface area contributed by atoms with Crippen molar-refractivity contribution in [2.24, 2.45) is 22.7 Å². The first kappa shape index (κ1) is 60.1. The van der Waals surface area contributed by atoms with E-state index in [1.165, 1.54) is 12.5 Å². The van der Waals surface area contributed by atoms with Crippen LogP contribution in [0.1, 0.15) is 146 Å². The topological polar surface area (TPSA) is 236 Å². The van der Waals surface area contributed by atoms with Crippen LogP contribution < -0.4 is 0 Å². The molecule has 20 heteroatoms. The molecule has 77 heavy (non-hydrogen) atoms. The molecule has 28 atom stereocenters. The highest BCUT2D eigenvalue weighted by Crippen LogP contribution is 2.70. The molecular weight excluding hydrogens is 1000 g/mol. The van der Waals surface area contributed by atoms with Crippen molar-refractivity contribution in [1.82, 2.24) is 0 Å². The van der Waals surface area contributed by atoms with Crippen LogP contribution in [0.2, 0.25) is 0 Å². The summed E-state index contributed by atoms with van der Waals surface area (Å²) in [4.78, 5) is 12.5. The van der Waals surface area contributed by atoms with Gasteiger partial charge in [0.15, 0.2) is 31.5 Å². The Morgan fingerprint density at radius 3 is 1.53 bits per heavy atom.